The lowest BCUT2D eigenvalue weighted by Crippen LogP contribution is -2.47. The first kappa shape index (κ1) is 29.7. The zero-order valence-electron chi connectivity index (χ0n) is 24.4. The van der Waals surface area contributed by atoms with Crippen molar-refractivity contribution in [2.75, 3.05) is 0 Å². The molecular formula is C33H30N4O8. The molecule has 45 heavy (non-hydrogen) atoms. The number of esters is 1. The third kappa shape index (κ3) is 5.44. The Balaban J connectivity index is 1.21. The summed E-state index contributed by atoms with van der Waals surface area (Å²) in [7, 11) is 0. The van der Waals surface area contributed by atoms with Crippen molar-refractivity contribution in [2.45, 2.75) is 57.6 Å². The highest BCUT2D eigenvalue weighted by Gasteiger charge is 2.51. The number of ketones is 1. The van der Waals surface area contributed by atoms with Gasteiger partial charge in [-0.15, -0.1) is 0 Å². The fraction of sp³-hybridized carbons (Fsp3) is 0.273. The zero-order valence-corrected chi connectivity index (χ0v) is 24.4. The molecule has 1 amide bonds. The number of primary amides is 1. The van der Waals surface area contributed by atoms with Crippen LogP contribution in [-0.4, -0.2) is 39.4 Å². The number of benzene rings is 2. The molecule has 2 aliphatic heterocycles. The van der Waals surface area contributed by atoms with E-state index in [0.717, 1.165) is 16.5 Å². The van der Waals surface area contributed by atoms with Crippen molar-refractivity contribution < 1.29 is 33.4 Å². The Morgan fingerprint density at radius 2 is 1.80 bits per heavy atom. The van der Waals surface area contributed by atoms with Gasteiger partial charge in [-0.05, 0) is 35.7 Å². The Bertz CT molecular complexity index is 1930. The molecule has 6 rings (SSSR count). The van der Waals surface area contributed by atoms with Crippen LogP contribution >= 0.6 is 0 Å². The Labute approximate surface area is 256 Å². The number of hydrogen-bond acceptors (Lipinski definition) is 10. The molecule has 12 nitrogen and oxygen atoms in total. The lowest BCUT2D eigenvalue weighted by Gasteiger charge is -2.35. The number of pyridine rings is 2. The quantitative estimate of drug-likeness (QED) is 0.235. The van der Waals surface area contributed by atoms with Gasteiger partial charge in [0.05, 0.1) is 35.1 Å². The van der Waals surface area contributed by atoms with Gasteiger partial charge in [-0.2, -0.15) is 0 Å². The van der Waals surface area contributed by atoms with Gasteiger partial charge in [0.2, 0.25) is 11.5 Å². The number of Topliss-reactive ketones (excluding diaryl/α,β-unsaturated/α-hetero) is 1. The Morgan fingerprint density at radius 3 is 2.53 bits per heavy atom. The third-order valence-corrected chi connectivity index (χ3v) is 8.23. The summed E-state index contributed by atoms with van der Waals surface area (Å²) in [6.07, 6.45) is -1.35. The van der Waals surface area contributed by atoms with Crippen LogP contribution < -0.4 is 17.0 Å². The van der Waals surface area contributed by atoms with Crippen molar-refractivity contribution in [3.8, 4) is 11.4 Å². The number of carbonyl (C=O) groups excluding carboxylic acids is 4. The van der Waals surface area contributed by atoms with Crippen molar-refractivity contribution in [3.05, 3.63) is 98.8 Å². The van der Waals surface area contributed by atoms with Crippen LogP contribution in [0, 0.1) is 0 Å². The van der Waals surface area contributed by atoms with E-state index in [1.165, 1.54) is 0 Å². The molecule has 0 spiro atoms. The molecule has 2 aliphatic rings. The summed E-state index contributed by atoms with van der Waals surface area (Å²) in [5, 5.41) is 0.946. The summed E-state index contributed by atoms with van der Waals surface area (Å²) in [4.78, 5) is 68.0. The van der Waals surface area contributed by atoms with Crippen LogP contribution in [0.1, 0.15) is 47.6 Å². The fourth-order valence-electron chi connectivity index (χ4n) is 5.81. The molecule has 0 bridgehead atoms. The number of carbonyl (C=O) groups is 4. The van der Waals surface area contributed by atoms with E-state index in [-0.39, 0.29) is 54.9 Å². The van der Waals surface area contributed by atoms with E-state index in [0.29, 0.717) is 29.1 Å². The normalized spacial score (nSPS) is 17.1. The van der Waals surface area contributed by atoms with E-state index < -0.39 is 29.7 Å². The number of cyclic esters (lactones) is 1. The predicted molar refractivity (Wildman–Crippen MR) is 161 cm³/mol. The van der Waals surface area contributed by atoms with Gasteiger partial charge in [0.15, 0.2) is 5.78 Å². The zero-order chi connectivity index (χ0) is 31.9. The maximum atomic E-state index is 13.7. The van der Waals surface area contributed by atoms with Gasteiger partial charge in [0.1, 0.15) is 13.2 Å². The van der Waals surface area contributed by atoms with Crippen LogP contribution in [-0.2, 0) is 60.4 Å². The highest BCUT2D eigenvalue weighted by atomic mass is 16.7. The number of hydrogen-bond donors (Lipinski definition) is 2. The maximum Gasteiger partial charge on any atom is 0.510 e. The molecule has 4 N–H and O–H groups in total. The number of nitrogens with two attached hydrogens (primary N) is 2. The van der Waals surface area contributed by atoms with E-state index >= 15 is 0 Å². The summed E-state index contributed by atoms with van der Waals surface area (Å²) in [5.74, 6) is -1.78. The lowest BCUT2D eigenvalue weighted by molar-refractivity contribution is -0.175. The van der Waals surface area contributed by atoms with Crippen LogP contribution in [0.5, 0.6) is 0 Å². The summed E-state index contributed by atoms with van der Waals surface area (Å²) >= 11 is 0. The van der Waals surface area contributed by atoms with Crippen molar-refractivity contribution in [1.82, 2.24) is 9.55 Å². The topological polar surface area (TPSA) is 183 Å². The van der Waals surface area contributed by atoms with E-state index in [4.69, 9.17) is 30.7 Å². The molecule has 2 aromatic heterocycles. The molecule has 4 heterocycles. The van der Waals surface area contributed by atoms with Crippen LogP contribution in [0.2, 0.25) is 0 Å². The minimum Gasteiger partial charge on any atom is -0.457 e. The minimum absolute atomic E-state index is 0.00452. The molecule has 4 aromatic rings. The molecule has 0 saturated heterocycles. The standard InChI is InChI=1S/C33H30N4O8/c1-2-33(45-32(42)44-16-19-9-7-18(8-10-19)11-27(38)24(34)14-28(35)39)23-13-26-29-21(12-20-5-3-4-6-25(20)36-29)15-37(26)30(40)22(23)17-43-31(33)41/h3-10,12-13,24H,2,11,14-17,34H2,1H3,(H2,35,39)/t24-,33+/m1/s1. The number of amides is 1. The number of ether oxygens (including phenoxy) is 3. The van der Waals surface area contributed by atoms with Crippen molar-refractivity contribution in [1.29, 1.82) is 0 Å². The number of para-hydroxylation sites is 1. The van der Waals surface area contributed by atoms with Crippen LogP contribution in [0.25, 0.3) is 22.3 Å². The van der Waals surface area contributed by atoms with Gasteiger partial charge in [-0.1, -0.05) is 49.4 Å². The molecule has 0 fully saturated rings. The van der Waals surface area contributed by atoms with Gasteiger partial charge in [-0.3, -0.25) is 14.4 Å². The highest BCUT2D eigenvalue weighted by Crippen LogP contribution is 2.41. The van der Waals surface area contributed by atoms with Gasteiger partial charge in [0.25, 0.3) is 5.56 Å². The molecule has 0 radical (unpaired) electrons. The van der Waals surface area contributed by atoms with E-state index in [1.54, 1.807) is 41.8 Å². The smallest absolute Gasteiger partial charge is 0.457 e. The second-order valence-electron chi connectivity index (χ2n) is 11.1. The first-order valence-electron chi connectivity index (χ1n) is 14.4. The summed E-state index contributed by atoms with van der Waals surface area (Å²) in [6, 6.07) is 17.0. The summed E-state index contributed by atoms with van der Waals surface area (Å²) in [5.41, 5.74) is 13.1. The first-order chi connectivity index (χ1) is 21.6. The number of aromatic nitrogens is 2. The Kier molecular flexibility index (Phi) is 7.67. The van der Waals surface area contributed by atoms with Gasteiger partial charge in [0, 0.05) is 29.4 Å². The average Bonchev–Trinajstić information content (AvgIpc) is 3.38. The molecule has 2 aromatic carbocycles. The minimum atomic E-state index is -1.90. The number of nitrogens with zero attached hydrogens (tertiary/aromatic N) is 2. The lowest BCUT2D eigenvalue weighted by atomic mass is 9.85. The van der Waals surface area contributed by atoms with E-state index in [2.05, 4.69) is 0 Å². The van der Waals surface area contributed by atoms with Gasteiger partial charge < -0.3 is 30.2 Å². The van der Waals surface area contributed by atoms with Crippen LogP contribution in [0.3, 0.4) is 0 Å². The average molecular weight is 611 g/mol. The molecule has 12 heteroatoms. The maximum absolute atomic E-state index is 13.7. The van der Waals surface area contributed by atoms with Crippen LogP contribution in [0.15, 0.2) is 65.5 Å². The number of fused-ring (bicyclic) bond motifs is 5. The largest absolute Gasteiger partial charge is 0.510 e. The van der Waals surface area contributed by atoms with E-state index in [9.17, 15) is 24.0 Å². The molecular weight excluding hydrogens is 580 g/mol. The number of rotatable bonds is 9. The fourth-order valence-corrected chi connectivity index (χ4v) is 5.81. The molecule has 0 saturated carbocycles. The Morgan fingerprint density at radius 1 is 1.07 bits per heavy atom. The second kappa shape index (κ2) is 11.6. The Hall–Kier alpha value is -5.36. The molecule has 0 unspecified atom stereocenters. The van der Waals surface area contributed by atoms with Crippen molar-refractivity contribution >= 4 is 34.7 Å². The first-order valence-corrected chi connectivity index (χ1v) is 14.4. The van der Waals surface area contributed by atoms with Gasteiger partial charge >= 0.3 is 12.1 Å². The highest BCUT2D eigenvalue weighted by molar-refractivity contribution is 5.90. The molecule has 230 valence electrons. The molecule has 2 atom stereocenters. The van der Waals surface area contributed by atoms with Crippen molar-refractivity contribution in [3.63, 3.8) is 0 Å². The monoisotopic (exact) mass is 610 g/mol. The molecule has 0 aliphatic carbocycles. The summed E-state index contributed by atoms with van der Waals surface area (Å²) < 4.78 is 18.0. The SMILES string of the molecule is CC[C@@]1(OC(=O)OCc2ccc(CC(=O)[C@H](N)CC(N)=O)cc2)C(=O)OCc2c1cc1n(c2=O)Cc2cc3ccccc3nc2-1. The van der Waals surface area contributed by atoms with Crippen molar-refractivity contribution in [2.24, 2.45) is 11.5 Å². The summed E-state index contributed by atoms with van der Waals surface area (Å²) in [6.45, 7) is 1.54. The third-order valence-electron chi connectivity index (χ3n) is 8.23. The van der Waals surface area contributed by atoms with Crippen LogP contribution in [0.4, 0.5) is 4.79 Å². The van der Waals surface area contributed by atoms with E-state index in [1.807, 2.05) is 30.3 Å². The van der Waals surface area contributed by atoms with Gasteiger partial charge in [-0.25, -0.2) is 14.6 Å². The second-order valence-corrected chi connectivity index (χ2v) is 11.1. The predicted octanol–water partition coefficient (Wildman–Crippen LogP) is 2.76.